The first-order valence-corrected chi connectivity index (χ1v) is 4.97. The highest BCUT2D eigenvalue weighted by Crippen LogP contribution is 2.29. The summed E-state index contributed by atoms with van der Waals surface area (Å²) in [4.78, 5) is 20.5. The summed E-state index contributed by atoms with van der Waals surface area (Å²) in [6, 6.07) is 1.26. The van der Waals surface area contributed by atoms with Crippen molar-refractivity contribution in [3.05, 3.63) is 45.8 Å². The van der Waals surface area contributed by atoms with Crippen LogP contribution in [0, 0.1) is 21.7 Å². The van der Waals surface area contributed by atoms with E-state index in [-0.39, 0.29) is 0 Å². The third-order valence-corrected chi connectivity index (χ3v) is 2.37. The van der Waals surface area contributed by atoms with Crippen molar-refractivity contribution in [2.75, 3.05) is 0 Å². The third kappa shape index (κ3) is 2.02. The number of aromatic nitrogens is 2. The van der Waals surface area contributed by atoms with Gasteiger partial charge in [0.1, 0.15) is 0 Å². The van der Waals surface area contributed by atoms with Crippen molar-refractivity contribution in [1.29, 1.82) is 0 Å². The molecule has 0 saturated heterocycles. The molecule has 1 aromatic carbocycles. The van der Waals surface area contributed by atoms with E-state index < -0.39 is 45.3 Å². The van der Waals surface area contributed by atoms with Gasteiger partial charge < -0.3 is 10.2 Å². The van der Waals surface area contributed by atoms with Crippen molar-refractivity contribution in [2.45, 2.75) is 0 Å². The molecule has 1 heterocycles. The lowest BCUT2D eigenvalue weighted by Gasteiger charge is -2.04. The molecule has 0 saturated carbocycles. The normalized spacial score (nSPS) is 10.5. The minimum atomic E-state index is -1.62. The lowest BCUT2D eigenvalue weighted by molar-refractivity contribution is -0.384. The number of hydrogen-bond acceptors (Lipinski definition) is 5. The molecule has 0 unspecified atom stereocenters. The Kier molecular flexibility index (Phi) is 3.06. The van der Waals surface area contributed by atoms with Crippen molar-refractivity contribution in [3.8, 4) is 11.4 Å². The second kappa shape index (κ2) is 4.57. The summed E-state index contributed by atoms with van der Waals surface area (Å²) in [5.41, 5.74) is -2.58. The second-order valence-corrected chi connectivity index (χ2v) is 3.60. The summed E-state index contributed by atoms with van der Waals surface area (Å²) in [7, 11) is 0. The number of carbonyl (C=O) groups is 1. The van der Waals surface area contributed by atoms with E-state index >= 15 is 0 Å². The first-order chi connectivity index (χ1) is 9.32. The molecule has 0 radical (unpaired) electrons. The molecule has 0 fully saturated rings. The lowest BCUT2D eigenvalue weighted by atomic mass is 10.2. The third-order valence-electron chi connectivity index (χ3n) is 2.37. The van der Waals surface area contributed by atoms with Gasteiger partial charge in [0.15, 0.2) is 23.1 Å². The number of rotatable bonds is 3. The number of aromatic hydroxyl groups is 1. The quantitative estimate of drug-likeness (QED) is 0.651. The molecule has 0 bridgehead atoms. The standard InChI is InChI=1S/C10H5F2N3O5/c11-4-1-2-5(15(19)20)9(7(4)12)14-3-6(16)8(13-14)10(17)18/h1-3,16H,(H,17,18). The largest absolute Gasteiger partial charge is 0.504 e. The van der Waals surface area contributed by atoms with Crippen molar-refractivity contribution in [2.24, 2.45) is 0 Å². The van der Waals surface area contributed by atoms with E-state index in [1.54, 1.807) is 0 Å². The number of nitrogens with zero attached hydrogens (tertiary/aromatic N) is 3. The molecule has 20 heavy (non-hydrogen) atoms. The molecular weight excluding hydrogens is 280 g/mol. The van der Waals surface area contributed by atoms with Gasteiger partial charge >= 0.3 is 5.97 Å². The van der Waals surface area contributed by atoms with E-state index in [9.17, 15) is 28.8 Å². The van der Waals surface area contributed by atoms with E-state index in [2.05, 4.69) is 5.10 Å². The van der Waals surface area contributed by atoms with Crippen molar-refractivity contribution in [3.63, 3.8) is 0 Å². The van der Waals surface area contributed by atoms with Gasteiger partial charge in [-0.3, -0.25) is 10.1 Å². The minimum Gasteiger partial charge on any atom is -0.504 e. The molecule has 2 rings (SSSR count). The molecule has 2 aromatic rings. The Bertz CT molecular complexity index is 728. The molecule has 0 amide bonds. The number of benzene rings is 1. The number of carboxylic acid groups (broad SMARTS) is 1. The van der Waals surface area contributed by atoms with Gasteiger partial charge in [0.25, 0.3) is 5.69 Å². The Labute approximate surface area is 108 Å². The fraction of sp³-hybridized carbons (Fsp3) is 0. The molecule has 2 N–H and O–H groups in total. The number of carboxylic acids is 1. The van der Waals surface area contributed by atoms with Crippen LogP contribution in [0.15, 0.2) is 18.3 Å². The number of halogens is 2. The van der Waals surface area contributed by atoms with E-state index in [1.165, 1.54) is 0 Å². The zero-order valence-corrected chi connectivity index (χ0v) is 9.45. The summed E-state index contributed by atoms with van der Waals surface area (Å²) in [5, 5.41) is 32.1. The summed E-state index contributed by atoms with van der Waals surface area (Å²) in [6.45, 7) is 0. The molecule has 1 aromatic heterocycles. The monoisotopic (exact) mass is 285 g/mol. The van der Waals surface area contributed by atoms with E-state index in [4.69, 9.17) is 5.11 Å². The van der Waals surface area contributed by atoms with Gasteiger partial charge in [-0.2, -0.15) is 5.10 Å². The maximum atomic E-state index is 13.7. The molecule has 0 aliphatic heterocycles. The Balaban J connectivity index is 2.74. The topological polar surface area (TPSA) is 118 Å². The highest BCUT2D eigenvalue weighted by molar-refractivity contribution is 5.88. The molecule has 0 aliphatic rings. The lowest BCUT2D eigenvalue weighted by Crippen LogP contribution is -2.07. The first kappa shape index (κ1) is 13.4. The van der Waals surface area contributed by atoms with Gasteiger partial charge in [-0.05, 0) is 6.07 Å². The fourth-order valence-corrected chi connectivity index (χ4v) is 1.53. The van der Waals surface area contributed by atoms with E-state index in [1.807, 2.05) is 0 Å². The summed E-state index contributed by atoms with van der Waals surface area (Å²) >= 11 is 0. The highest BCUT2D eigenvalue weighted by Gasteiger charge is 2.26. The average molecular weight is 285 g/mol. The van der Waals surface area contributed by atoms with Crippen LogP contribution in [0.2, 0.25) is 0 Å². The molecule has 8 nitrogen and oxygen atoms in total. The minimum absolute atomic E-state index is 0.398. The van der Waals surface area contributed by atoms with Crippen LogP contribution in [0.1, 0.15) is 10.5 Å². The predicted octanol–water partition coefficient (Wildman–Crippen LogP) is 1.46. The number of aromatic carboxylic acids is 1. The summed E-state index contributed by atoms with van der Waals surface area (Å²) < 4.78 is 27.2. The molecule has 0 spiro atoms. The maximum Gasteiger partial charge on any atom is 0.360 e. The van der Waals surface area contributed by atoms with Crippen molar-refractivity contribution in [1.82, 2.24) is 9.78 Å². The Morgan fingerprint density at radius 3 is 2.55 bits per heavy atom. The van der Waals surface area contributed by atoms with Crippen LogP contribution in [-0.2, 0) is 0 Å². The second-order valence-electron chi connectivity index (χ2n) is 3.60. The summed E-state index contributed by atoms with van der Waals surface area (Å²) in [6.07, 6.45) is 0.633. The van der Waals surface area contributed by atoms with Gasteiger partial charge in [0, 0.05) is 6.07 Å². The van der Waals surface area contributed by atoms with Crippen LogP contribution >= 0.6 is 0 Å². The van der Waals surface area contributed by atoms with Gasteiger partial charge in [0.05, 0.1) is 11.1 Å². The van der Waals surface area contributed by atoms with Gasteiger partial charge in [-0.15, -0.1) is 0 Å². The van der Waals surface area contributed by atoms with Gasteiger partial charge in [-0.1, -0.05) is 0 Å². The van der Waals surface area contributed by atoms with Crippen molar-refractivity contribution < 1.29 is 28.7 Å². The SMILES string of the molecule is O=C(O)c1nn(-c2c([N+](=O)[O-])ccc(F)c2F)cc1O. The average Bonchev–Trinajstić information content (AvgIpc) is 2.74. The molecule has 0 aliphatic carbocycles. The zero-order chi connectivity index (χ0) is 15.0. The highest BCUT2D eigenvalue weighted by atomic mass is 19.2. The number of hydrogen-bond donors (Lipinski definition) is 2. The Morgan fingerprint density at radius 1 is 1.40 bits per heavy atom. The Hall–Kier alpha value is -3.04. The number of nitro groups is 1. The smallest absolute Gasteiger partial charge is 0.360 e. The van der Waals surface area contributed by atoms with E-state index in [0.29, 0.717) is 23.0 Å². The van der Waals surface area contributed by atoms with Crippen LogP contribution in [0.3, 0.4) is 0 Å². The molecule has 0 atom stereocenters. The molecule has 104 valence electrons. The number of nitro benzene ring substituents is 1. The predicted molar refractivity (Wildman–Crippen MR) is 58.8 cm³/mol. The van der Waals surface area contributed by atoms with Gasteiger partial charge in [0.2, 0.25) is 5.69 Å². The van der Waals surface area contributed by atoms with Crippen LogP contribution in [0.25, 0.3) is 5.69 Å². The van der Waals surface area contributed by atoms with Crippen LogP contribution in [0.5, 0.6) is 5.75 Å². The van der Waals surface area contributed by atoms with Crippen molar-refractivity contribution >= 4 is 11.7 Å². The zero-order valence-electron chi connectivity index (χ0n) is 9.45. The molecule has 10 heteroatoms. The molecular formula is C10H5F2N3O5. The maximum absolute atomic E-state index is 13.7. The first-order valence-electron chi connectivity index (χ1n) is 4.97. The Morgan fingerprint density at radius 2 is 2.05 bits per heavy atom. The fourth-order valence-electron chi connectivity index (χ4n) is 1.53. The van der Waals surface area contributed by atoms with Crippen LogP contribution in [-0.4, -0.2) is 30.9 Å². The summed E-state index contributed by atoms with van der Waals surface area (Å²) in [5.74, 6) is -5.42. The van der Waals surface area contributed by atoms with E-state index in [0.717, 1.165) is 0 Å². The van der Waals surface area contributed by atoms with Crippen LogP contribution in [0.4, 0.5) is 14.5 Å². The van der Waals surface area contributed by atoms with Gasteiger partial charge in [-0.25, -0.2) is 18.3 Å². The van der Waals surface area contributed by atoms with Crippen LogP contribution < -0.4 is 0 Å².